The average molecular weight is 905 g/mol. The summed E-state index contributed by atoms with van der Waals surface area (Å²) in [5, 5.41) is 0. The van der Waals surface area contributed by atoms with Gasteiger partial charge in [0.15, 0.2) is 6.10 Å². The second-order valence-electron chi connectivity index (χ2n) is 17.9. The van der Waals surface area contributed by atoms with E-state index in [0.29, 0.717) is 19.3 Å². The third kappa shape index (κ3) is 51.4. The van der Waals surface area contributed by atoms with Crippen molar-refractivity contribution in [2.45, 2.75) is 258 Å². The Morgan fingerprint density at radius 2 is 0.600 bits per heavy atom. The van der Waals surface area contributed by atoms with E-state index in [1.165, 1.54) is 141 Å². The Morgan fingerprint density at radius 3 is 1.00 bits per heavy atom. The van der Waals surface area contributed by atoms with Crippen molar-refractivity contribution in [2.24, 2.45) is 0 Å². The van der Waals surface area contributed by atoms with Gasteiger partial charge in [-0.1, -0.05) is 254 Å². The summed E-state index contributed by atoms with van der Waals surface area (Å²) in [5.41, 5.74) is 0. The topological polar surface area (TPSA) is 78.9 Å². The number of carbonyl (C=O) groups excluding carboxylic acids is 3. The first-order chi connectivity index (χ1) is 32.0. The Morgan fingerprint density at radius 1 is 0.323 bits per heavy atom. The molecular weight excluding hydrogens is 805 g/mol. The molecule has 0 amide bonds. The minimum atomic E-state index is -0.798. The van der Waals surface area contributed by atoms with E-state index in [0.717, 1.165) is 64.2 Å². The van der Waals surface area contributed by atoms with Crippen molar-refractivity contribution in [3.05, 3.63) is 85.1 Å². The van der Waals surface area contributed by atoms with Crippen molar-refractivity contribution >= 4 is 17.9 Å². The van der Waals surface area contributed by atoms with E-state index in [9.17, 15) is 14.4 Å². The number of esters is 3. The normalized spacial score (nSPS) is 12.7. The van der Waals surface area contributed by atoms with Gasteiger partial charge in [0.25, 0.3) is 0 Å². The summed E-state index contributed by atoms with van der Waals surface area (Å²) in [6.45, 7) is 6.44. The molecule has 1 unspecified atom stereocenters. The lowest BCUT2D eigenvalue weighted by atomic mass is 10.0. The van der Waals surface area contributed by atoms with Gasteiger partial charge in [-0.2, -0.15) is 0 Å². The van der Waals surface area contributed by atoms with Crippen molar-refractivity contribution < 1.29 is 28.6 Å². The maximum atomic E-state index is 12.8. The molecule has 0 aliphatic rings. The van der Waals surface area contributed by atoms with Gasteiger partial charge in [-0.3, -0.25) is 14.4 Å². The molecule has 372 valence electrons. The van der Waals surface area contributed by atoms with Crippen LogP contribution < -0.4 is 0 Å². The second-order valence-corrected chi connectivity index (χ2v) is 17.9. The molecule has 0 spiro atoms. The quantitative estimate of drug-likeness (QED) is 0.0262. The minimum Gasteiger partial charge on any atom is -0.462 e. The lowest BCUT2D eigenvalue weighted by molar-refractivity contribution is -0.167. The summed E-state index contributed by atoms with van der Waals surface area (Å²) in [5.74, 6) is -0.935. The van der Waals surface area contributed by atoms with E-state index >= 15 is 0 Å². The van der Waals surface area contributed by atoms with Gasteiger partial charge in [-0.25, -0.2) is 0 Å². The molecule has 0 radical (unpaired) electrons. The van der Waals surface area contributed by atoms with Crippen molar-refractivity contribution in [2.75, 3.05) is 13.2 Å². The van der Waals surface area contributed by atoms with Crippen molar-refractivity contribution in [3.63, 3.8) is 0 Å². The highest BCUT2D eigenvalue weighted by molar-refractivity contribution is 5.71. The van der Waals surface area contributed by atoms with E-state index in [4.69, 9.17) is 14.2 Å². The van der Waals surface area contributed by atoms with Gasteiger partial charge in [0, 0.05) is 19.3 Å². The molecule has 0 saturated heterocycles. The lowest BCUT2D eigenvalue weighted by Gasteiger charge is -2.18. The van der Waals surface area contributed by atoms with Crippen LogP contribution in [0.1, 0.15) is 252 Å². The first kappa shape index (κ1) is 61.6. The van der Waals surface area contributed by atoms with Crippen LogP contribution in [0, 0.1) is 0 Å². The molecule has 0 aliphatic heterocycles. The maximum Gasteiger partial charge on any atom is 0.306 e. The van der Waals surface area contributed by atoms with Crippen LogP contribution >= 0.6 is 0 Å². The van der Waals surface area contributed by atoms with Gasteiger partial charge in [0.05, 0.1) is 0 Å². The van der Waals surface area contributed by atoms with Gasteiger partial charge in [0.1, 0.15) is 13.2 Å². The molecule has 0 fully saturated rings. The van der Waals surface area contributed by atoms with E-state index < -0.39 is 6.10 Å². The molecule has 0 rings (SSSR count). The molecule has 0 aromatic heterocycles. The number of hydrogen-bond donors (Lipinski definition) is 0. The minimum absolute atomic E-state index is 0.0934. The highest BCUT2D eigenvalue weighted by Crippen LogP contribution is 2.15. The Bertz CT molecular complexity index is 1270. The molecule has 0 N–H and O–H groups in total. The van der Waals surface area contributed by atoms with Crippen LogP contribution in [0.15, 0.2) is 85.1 Å². The van der Waals surface area contributed by atoms with Crippen LogP contribution in [0.4, 0.5) is 0 Å². The first-order valence-electron chi connectivity index (χ1n) is 27.2. The Labute approximate surface area is 401 Å². The summed E-state index contributed by atoms with van der Waals surface area (Å²) < 4.78 is 16.8. The Balaban J connectivity index is 4.42. The summed E-state index contributed by atoms with van der Waals surface area (Å²) >= 11 is 0. The molecule has 6 nitrogen and oxygen atoms in total. The fourth-order valence-corrected chi connectivity index (χ4v) is 7.45. The third-order valence-corrected chi connectivity index (χ3v) is 11.5. The largest absolute Gasteiger partial charge is 0.462 e. The monoisotopic (exact) mass is 905 g/mol. The first-order valence-corrected chi connectivity index (χ1v) is 27.2. The zero-order valence-corrected chi connectivity index (χ0v) is 42.5. The lowest BCUT2D eigenvalue weighted by Crippen LogP contribution is -2.30. The third-order valence-electron chi connectivity index (χ3n) is 11.5. The number of allylic oxidation sites excluding steroid dienone is 14. The van der Waals surface area contributed by atoms with Gasteiger partial charge in [-0.05, 0) is 64.2 Å². The number of ether oxygens (including phenoxy) is 3. The number of carbonyl (C=O) groups is 3. The second kappa shape index (κ2) is 53.2. The zero-order chi connectivity index (χ0) is 47.2. The standard InChI is InChI=1S/C59H100O6/c1-4-7-10-13-16-19-22-25-27-28-29-30-32-34-37-40-43-46-49-52-58(61)64-55-56(54-63-57(60)51-48-45-42-39-36-33-24-21-18-15-12-9-6-3)65-59(62)53-50-47-44-41-38-35-31-26-23-20-17-14-11-8-5-2/h8,11,14,16-17,19-20,22-23,25-26,31,35,38,56H,4-7,9-10,12-13,15,18,21,24,27-30,32-34,36-37,39-55H2,1-3H3/b11-8-,17-14-,19-16-,23-20-,25-22-,31-26-,38-35-. The smallest absolute Gasteiger partial charge is 0.306 e. The molecule has 0 aromatic rings. The maximum absolute atomic E-state index is 12.8. The molecule has 0 aromatic carbocycles. The molecular formula is C59H100O6. The number of hydrogen-bond acceptors (Lipinski definition) is 6. The highest BCUT2D eigenvalue weighted by Gasteiger charge is 2.19. The summed E-state index contributed by atoms with van der Waals surface area (Å²) in [6, 6.07) is 0. The van der Waals surface area contributed by atoms with Crippen molar-refractivity contribution in [1.29, 1.82) is 0 Å². The summed E-state index contributed by atoms with van der Waals surface area (Å²) in [6.07, 6.45) is 68.5. The molecule has 0 saturated carbocycles. The fraction of sp³-hybridized carbons (Fsp3) is 0.712. The van der Waals surface area contributed by atoms with E-state index in [1.54, 1.807) is 0 Å². The molecule has 65 heavy (non-hydrogen) atoms. The van der Waals surface area contributed by atoms with Gasteiger partial charge < -0.3 is 14.2 Å². The predicted octanol–water partition coefficient (Wildman–Crippen LogP) is 18.0. The van der Waals surface area contributed by atoms with Crippen LogP contribution in [0.5, 0.6) is 0 Å². The SMILES string of the molecule is CC\C=C/C=C\C=C/C=C\C=C/CCCCCC(=O)OC(COC(=O)CCCCCCCCCCCC/C=C\C=C/CCCCC)COC(=O)CCCCCCCCCCCCCCC. The van der Waals surface area contributed by atoms with Crippen LogP contribution in [0.3, 0.4) is 0 Å². The summed E-state index contributed by atoms with van der Waals surface area (Å²) in [4.78, 5) is 38.0. The summed E-state index contributed by atoms with van der Waals surface area (Å²) in [7, 11) is 0. The van der Waals surface area contributed by atoms with Crippen LogP contribution in [-0.2, 0) is 28.6 Å². The number of unbranched alkanes of at least 4 members (excludes halogenated alkanes) is 28. The molecule has 0 bridgehead atoms. The average Bonchev–Trinajstić information content (AvgIpc) is 3.30. The van der Waals surface area contributed by atoms with E-state index in [2.05, 4.69) is 57.2 Å². The Hall–Kier alpha value is -3.41. The highest BCUT2D eigenvalue weighted by atomic mass is 16.6. The molecule has 1 atom stereocenters. The predicted molar refractivity (Wildman–Crippen MR) is 279 cm³/mol. The van der Waals surface area contributed by atoms with Crippen molar-refractivity contribution in [1.82, 2.24) is 0 Å². The molecule has 0 aliphatic carbocycles. The van der Waals surface area contributed by atoms with Crippen LogP contribution in [0.2, 0.25) is 0 Å². The van der Waals surface area contributed by atoms with Gasteiger partial charge in [0.2, 0.25) is 0 Å². The van der Waals surface area contributed by atoms with Crippen molar-refractivity contribution in [3.8, 4) is 0 Å². The van der Waals surface area contributed by atoms with Gasteiger partial charge >= 0.3 is 17.9 Å². The molecule has 0 heterocycles. The van der Waals surface area contributed by atoms with Gasteiger partial charge in [-0.15, -0.1) is 0 Å². The fourth-order valence-electron chi connectivity index (χ4n) is 7.45. The zero-order valence-electron chi connectivity index (χ0n) is 42.5. The Kier molecular flexibility index (Phi) is 50.4. The van der Waals surface area contributed by atoms with Crippen LogP contribution in [-0.4, -0.2) is 37.2 Å². The van der Waals surface area contributed by atoms with E-state index in [1.807, 2.05) is 48.6 Å². The van der Waals surface area contributed by atoms with Crippen LogP contribution in [0.25, 0.3) is 0 Å². The molecule has 6 heteroatoms. The van der Waals surface area contributed by atoms with E-state index in [-0.39, 0.29) is 37.5 Å². The number of rotatable bonds is 48.